The van der Waals surface area contributed by atoms with Crippen LogP contribution in [0.25, 0.3) is 0 Å². The van der Waals surface area contributed by atoms with Gasteiger partial charge in [-0.05, 0) is 31.7 Å². The quantitative estimate of drug-likeness (QED) is 0.800. The van der Waals surface area contributed by atoms with Crippen molar-refractivity contribution in [3.8, 4) is 0 Å². The van der Waals surface area contributed by atoms with E-state index in [1.807, 2.05) is 36.2 Å². The fourth-order valence-electron chi connectivity index (χ4n) is 3.59. The number of carbonyl (C=O) groups is 1. The Balaban J connectivity index is 1.55. The molecular weight excluding hydrogens is 326 g/mol. The Hall–Kier alpha value is -2.27. The SMILES string of the molecule is COCc1cnc(C)nc1C1CCN(C(=O)CCc2ccccc2)CC1. The number of hydrogen-bond donors (Lipinski definition) is 0. The van der Waals surface area contributed by atoms with Gasteiger partial charge in [-0.3, -0.25) is 4.79 Å². The van der Waals surface area contributed by atoms with Crippen molar-refractivity contribution in [1.82, 2.24) is 14.9 Å². The molecule has 0 bridgehead atoms. The highest BCUT2D eigenvalue weighted by Gasteiger charge is 2.26. The van der Waals surface area contributed by atoms with Crippen LogP contribution < -0.4 is 0 Å². The summed E-state index contributed by atoms with van der Waals surface area (Å²) in [6.07, 6.45) is 5.16. The Morgan fingerprint density at radius 1 is 1.23 bits per heavy atom. The van der Waals surface area contributed by atoms with Gasteiger partial charge in [-0.25, -0.2) is 9.97 Å². The number of aromatic nitrogens is 2. The normalized spacial score (nSPS) is 15.2. The molecule has 1 aromatic heterocycles. The van der Waals surface area contributed by atoms with E-state index in [2.05, 4.69) is 22.1 Å². The molecule has 2 heterocycles. The third-order valence-electron chi connectivity index (χ3n) is 5.02. The maximum Gasteiger partial charge on any atom is 0.222 e. The van der Waals surface area contributed by atoms with E-state index in [9.17, 15) is 4.79 Å². The van der Waals surface area contributed by atoms with Crippen LogP contribution in [0.5, 0.6) is 0 Å². The fraction of sp³-hybridized carbons (Fsp3) is 0.476. The van der Waals surface area contributed by atoms with Gasteiger partial charge < -0.3 is 9.64 Å². The van der Waals surface area contributed by atoms with Gasteiger partial charge in [0.25, 0.3) is 0 Å². The van der Waals surface area contributed by atoms with Gasteiger partial charge in [0.15, 0.2) is 0 Å². The van der Waals surface area contributed by atoms with Crippen LogP contribution in [0.3, 0.4) is 0 Å². The molecule has 5 heteroatoms. The number of aryl methyl sites for hydroxylation is 2. The number of benzene rings is 1. The average molecular weight is 353 g/mol. The molecule has 1 aliphatic rings. The van der Waals surface area contributed by atoms with Crippen molar-refractivity contribution >= 4 is 5.91 Å². The van der Waals surface area contributed by atoms with E-state index in [-0.39, 0.29) is 5.91 Å². The number of piperidine rings is 1. The lowest BCUT2D eigenvalue weighted by Gasteiger charge is -2.32. The topological polar surface area (TPSA) is 55.3 Å². The summed E-state index contributed by atoms with van der Waals surface area (Å²) in [7, 11) is 1.69. The van der Waals surface area contributed by atoms with Gasteiger partial charge in [-0.1, -0.05) is 30.3 Å². The lowest BCUT2D eigenvalue weighted by atomic mass is 9.90. The number of rotatable bonds is 6. The highest BCUT2D eigenvalue weighted by molar-refractivity contribution is 5.76. The van der Waals surface area contributed by atoms with Crippen LogP contribution in [-0.2, 0) is 22.6 Å². The van der Waals surface area contributed by atoms with E-state index in [0.717, 1.165) is 49.4 Å². The second-order valence-corrected chi connectivity index (χ2v) is 6.90. The molecule has 1 fully saturated rings. The summed E-state index contributed by atoms with van der Waals surface area (Å²) >= 11 is 0. The smallest absolute Gasteiger partial charge is 0.222 e. The van der Waals surface area contributed by atoms with Crippen molar-refractivity contribution in [1.29, 1.82) is 0 Å². The van der Waals surface area contributed by atoms with E-state index >= 15 is 0 Å². The van der Waals surface area contributed by atoms with Gasteiger partial charge in [-0.15, -0.1) is 0 Å². The average Bonchev–Trinajstić information content (AvgIpc) is 2.68. The summed E-state index contributed by atoms with van der Waals surface area (Å²) < 4.78 is 5.29. The molecule has 0 atom stereocenters. The third-order valence-corrected chi connectivity index (χ3v) is 5.02. The molecule has 0 N–H and O–H groups in total. The summed E-state index contributed by atoms with van der Waals surface area (Å²) in [5, 5.41) is 0. The van der Waals surface area contributed by atoms with Crippen molar-refractivity contribution in [3.63, 3.8) is 0 Å². The van der Waals surface area contributed by atoms with E-state index in [1.165, 1.54) is 5.56 Å². The standard InChI is InChI=1S/C21H27N3O2/c1-16-22-14-19(15-26-2)21(23-16)18-10-12-24(13-11-18)20(25)9-8-17-6-4-3-5-7-17/h3-7,14,18H,8-13,15H2,1-2H3. The lowest BCUT2D eigenvalue weighted by Crippen LogP contribution is -2.38. The molecule has 0 unspecified atom stereocenters. The second kappa shape index (κ2) is 8.90. The van der Waals surface area contributed by atoms with Crippen molar-refractivity contribution in [2.75, 3.05) is 20.2 Å². The zero-order valence-electron chi connectivity index (χ0n) is 15.6. The van der Waals surface area contributed by atoms with Crippen LogP contribution in [-0.4, -0.2) is 41.0 Å². The number of amides is 1. The maximum absolute atomic E-state index is 12.5. The van der Waals surface area contributed by atoms with Gasteiger partial charge in [0.05, 0.1) is 12.3 Å². The van der Waals surface area contributed by atoms with Crippen LogP contribution in [0.15, 0.2) is 36.5 Å². The van der Waals surface area contributed by atoms with Crippen LogP contribution in [0.4, 0.5) is 0 Å². The Bertz CT molecular complexity index is 725. The first-order valence-corrected chi connectivity index (χ1v) is 9.30. The predicted molar refractivity (Wildman–Crippen MR) is 101 cm³/mol. The minimum absolute atomic E-state index is 0.253. The maximum atomic E-state index is 12.5. The molecule has 2 aromatic rings. The van der Waals surface area contributed by atoms with Crippen molar-refractivity contribution in [2.24, 2.45) is 0 Å². The van der Waals surface area contributed by atoms with Gasteiger partial charge >= 0.3 is 0 Å². The molecule has 138 valence electrons. The van der Waals surface area contributed by atoms with Crippen molar-refractivity contribution in [3.05, 3.63) is 59.2 Å². The monoisotopic (exact) mass is 353 g/mol. The zero-order chi connectivity index (χ0) is 18.4. The van der Waals surface area contributed by atoms with Gasteiger partial charge in [0, 0.05) is 44.3 Å². The Morgan fingerprint density at radius 3 is 2.65 bits per heavy atom. The number of ether oxygens (including phenoxy) is 1. The van der Waals surface area contributed by atoms with E-state index < -0.39 is 0 Å². The first-order valence-electron chi connectivity index (χ1n) is 9.30. The number of hydrogen-bond acceptors (Lipinski definition) is 4. The molecule has 5 nitrogen and oxygen atoms in total. The second-order valence-electron chi connectivity index (χ2n) is 6.90. The molecule has 1 aliphatic heterocycles. The van der Waals surface area contributed by atoms with Gasteiger partial charge in [0.1, 0.15) is 5.82 Å². The van der Waals surface area contributed by atoms with Crippen LogP contribution in [0.2, 0.25) is 0 Å². The summed E-state index contributed by atoms with van der Waals surface area (Å²) in [4.78, 5) is 23.5. The molecule has 0 aliphatic carbocycles. The molecule has 0 saturated carbocycles. The third kappa shape index (κ3) is 4.67. The van der Waals surface area contributed by atoms with Crippen LogP contribution >= 0.6 is 0 Å². The summed E-state index contributed by atoms with van der Waals surface area (Å²) in [6.45, 7) is 4.05. The van der Waals surface area contributed by atoms with E-state index in [1.54, 1.807) is 7.11 Å². The first kappa shape index (κ1) is 18.5. The Morgan fingerprint density at radius 2 is 1.96 bits per heavy atom. The number of carbonyl (C=O) groups excluding carboxylic acids is 1. The fourth-order valence-corrected chi connectivity index (χ4v) is 3.59. The molecule has 1 saturated heterocycles. The van der Waals surface area contributed by atoms with Gasteiger partial charge in [0.2, 0.25) is 5.91 Å². The lowest BCUT2D eigenvalue weighted by molar-refractivity contribution is -0.132. The van der Waals surface area contributed by atoms with Crippen molar-refractivity contribution in [2.45, 2.75) is 45.1 Å². The molecule has 3 rings (SSSR count). The number of methoxy groups -OCH3 is 1. The van der Waals surface area contributed by atoms with Crippen LogP contribution in [0, 0.1) is 6.92 Å². The molecular formula is C21H27N3O2. The molecule has 26 heavy (non-hydrogen) atoms. The predicted octanol–water partition coefficient (Wildman–Crippen LogP) is 3.27. The van der Waals surface area contributed by atoms with Crippen LogP contribution in [0.1, 0.15) is 47.8 Å². The largest absolute Gasteiger partial charge is 0.380 e. The zero-order valence-corrected chi connectivity index (χ0v) is 15.6. The number of likely N-dealkylation sites (tertiary alicyclic amines) is 1. The van der Waals surface area contributed by atoms with E-state index in [4.69, 9.17) is 4.74 Å². The Kier molecular flexibility index (Phi) is 6.34. The minimum atomic E-state index is 0.253. The number of nitrogens with zero attached hydrogens (tertiary/aromatic N) is 3. The Labute approximate surface area is 155 Å². The summed E-state index contributed by atoms with van der Waals surface area (Å²) in [5.41, 5.74) is 3.37. The first-order chi connectivity index (χ1) is 12.7. The molecule has 1 aromatic carbocycles. The molecule has 0 spiro atoms. The van der Waals surface area contributed by atoms with Gasteiger partial charge in [-0.2, -0.15) is 0 Å². The van der Waals surface area contributed by atoms with Crippen molar-refractivity contribution < 1.29 is 9.53 Å². The molecule has 1 amide bonds. The summed E-state index contributed by atoms with van der Waals surface area (Å²) in [5.74, 6) is 1.42. The summed E-state index contributed by atoms with van der Waals surface area (Å²) in [6, 6.07) is 10.2. The minimum Gasteiger partial charge on any atom is -0.380 e. The molecule has 0 radical (unpaired) electrons. The highest BCUT2D eigenvalue weighted by atomic mass is 16.5. The highest BCUT2D eigenvalue weighted by Crippen LogP contribution is 2.29. The van der Waals surface area contributed by atoms with E-state index in [0.29, 0.717) is 18.9 Å².